The fourth-order valence-electron chi connectivity index (χ4n) is 4.52. The summed E-state index contributed by atoms with van der Waals surface area (Å²) in [5, 5.41) is 11.2. The number of carbonyl (C=O) groups excluding carboxylic acids is 3. The monoisotopic (exact) mass is 584 g/mol. The van der Waals surface area contributed by atoms with Crippen LogP contribution in [0.1, 0.15) is 54.6 Å². The van der Waals surface area contributed by atoms with E-state index in [2.05, 4.69) is 15.6 Å². The number of hydrogen-bond donors (Lipinski definition) is 3. The molecule has 0 saturated heterocycles. The molecule has 0 saturated carbocycles. The standard InChI is InChI=1S/C27H36N8O3S2/c1-17(2)22-24-32-23(18-8-5-4-6-9-18)33-35(24)14-13-34(26(38)20-16-29-27(28)40-20)12-7-10-21(36)30-19(11-15-39-3)25(37)31-22/h4-6,8-9,16-17,19,22H,7,10-15H2,1-3H3,(H2,28,29)(H,30,36)(H,31,37)/t19-,22+/m0/s1. The second-order valence-corrected chi connectivity index (χ2v) is 12.0. The van der Waals surface area contributed by atoms with E-state index in [1.54, 1.807) is 21.3 Å². The lowest BCUT2D eigenvalue weighted by Crippen LogP contribution is -2.49. The molecule has 1 aliphatic rings. The van der Waals surface area contributed by atoms with E-state index in [-0.39, 0.29) is 30.1 Å². The van der Waals surface area contributed by atoms with Crippen LogP contribution in [0.15, 0.2) is 36.5 Å². The average molecular weight is 585 g/mol. The van der Waals surface area contributed by atoms with Gasteiger partial charge in [0, 0.05) is 25.1 Å². The number of rotatable bonds is 6. The Bertz CT molecular complexity index is 1310. The molecule has 2 atom stereocenters. The molecule has 214 valence electrons. The van der Waals surface area contributed by atoms with Crippen molar-refractivity contribution in [2.45, 2.75) is 51.7 Å². The largest absolute Gasteiger partial charge is 0.375 e. The average Bonchev–Trinajstić information content (AvgIpc) is 3.57. The quantitative estimate of drug-likeness (QED) is 0.401. The van der Waals surface area contributed by atoms with Crippen LogP contribution in [0, 0.1) is 5.92 Å². The fourth-order valence-corrected chi connectivity index (χ4v) is 5.64. The Labute approximate surface area is 242 Å². The molecule has 1 aromatic carbocycles. The van der Waals surface area contributed by atoms with E-state index < -0.39 is 12.1 Å². The summed E-state index contributed by atoms with van der Waals surface area (Å²) < 4.78 is 1.79. The van der Waals surface area contributed by atoms with Crippen molar-refractivity contribution in [1.29, 1.82) is 0 Å². The van der Waals surface area contributed by atoms with Crippen LogP contribution in [-0.4, -0.2) is 73.5 Å². The zero-order chi connectivity index (χ0) is 28.6. The number of benzene rings is 1. The van der Waals surface area contributed by atoms with E-state index in [0.717, 1.165) is 22.7 Å². The highest BCUT2D eigenvalue weighted by Crippen LogP contribution is 2.25. The number of nitrogens with two attached hydrogens (primary N) is 1. The first kappa shape index (κ1) is 29.5. The summed E-state index contributed by atoms with van der Waals surface area (Å²) in [4.78, 5) is 50.8. The molecule has 0 unspecified atom stereocenters. The van der Waals surface area contributed by atoms with Crippen LogP contribution in [0.4, 0.5) is 5.13 Å². The number of nitrogen functional groups attached to an aromatic ring is 1. The minimum atomic E-state index is -0.674. The van der Waals surface area contributed by atoms with Gasteiger partial charge >= 0.3 is 0 Å². The topological polar surface area (TPSA) is 148 Å². The van der Waals surface area contributed by atoms with E-state index >= 15 is 0 Å². The molecule has 1 aliphatic heterocycles. The maximum atomic E-state index is 13.5. The van der Waals surface area contributed by atoms with Crippen molar-refractivity contribution in [3.8, 4) is 11.4 Å². The third-order valence-corrected chi connectivity index (χ3v) is 8.13. The van der Waals surface area contributed by atoms with Gasteiger partial charge in [-0.2, -0.15) is 16.9 Å². The highest BCUT2D eigenvalue weighted by atomic mass is 32.2. The zero-order valence-corrected chi connectivity index (χ0v) is 24.6. The normalized spacial score (nSPS) is 19.1. The number of hydrogen-bond acceptors (Lipinski definition) is 9. The number of aromatic nitrogens is 4. The van der Waals surface area contributed by atoms with Crippen molar-refractivity contribution in [3.05, 3.63) is 47.2 Å². The lowest BCUT2D eigenvalue weighted by Gasteiger charge is -2.27. The summed E-state index contributed by atoms with van der Waals surface area (Å²) in [5.41, 5.74) is 6.64. The van der Waals surface area contributed by atoms with Crippen LogP contribution in [-0.2, 0) is 16.1 Å². The van der Waals surface area contributed by atoms with Crippen molar-refractivity contribution < 1.29 is 14.4 Å². The van der Waals surface area contributed by atoms with Gasteiger partial charge in [-0.05, 0) is 30.8 Å². The first-order valence-electron chi connectivity index (χ1n) is 13.4. The summed E-state index contributed by atoms with van der Waals surface area (Å²) in [5.74, 6) is 1.19. The Morgan fingerprint density at radius 1 is 1.18 bits per heavy atom. The van der Waals surface area contributed by atoms with E-state index in [1.165, 1.54) is 6.20 Å². The number of thioether (sulfide) groups is 1. The predicted molar refractivity (Wildman–Crippen MR) is 158 cm³/mol. The van der Waals surface area contributed by atoms with E-state index in [9.17, 15) is 14.4 Å². The number of carbonyl (C=O) groups is 3. The first-order chi connectivity index (χ1) is 19.3. The van der Waals surface area contributed by atoms with Gasteiger partial charge in [0.1, 0.15) is 10.9 Å². The third kappa shape index (κ3) is 7.39. The molecule has 2 aromatic heterocycles. The SMILES string of the molecule is CSCC[C@@H]1NC(=O)CCCN(C(=O)c2cnc(N)s2)CCn2nc(-c3ccccc3)nc2[C@@H](C(C)C)NC1=O. The van der Waals surface area contributed by atoms with E-state index in [4.69, 9.17) is 15.8 Å². The predicted octanol–water partition coefficient (Wildman–Crippen LogP) is 2.97. The number of thiazole rings is 1. The molecule has 11 nitrogen and oxygen atoms in total. The second kappa shape index (κ2) is 13.8. The Morgan fingerprint density at radius 3 is 2.62 bits per heavy atom. The summed E-state index contributed by atoms with van der Waals surface area (Å²) >= 11 is 2.75. The van der Waals surface area contributed by atoms with Crippen molar-refractivity contribution in [2.24, 2.45) is 5.92 Å². The molecular formula is C27H36N8O3S2. The molecule has 0 aliphatic carbocycles. The van der Waals surface area contributed by atoms with Gasteiger partial charge in [-0.3, -0.25) is 14.4 Å². The minimum Gasteiger partial charge on any atom is -0.375 e. The molecular weight excluding hydrogens is 548 g/mol. The number of amides is 3. The molecule has 0 fully saturated rings. The van der Waals surface area contributed by atoms with Crippen molar-refractivity contribution in [3.63, 3.8) is 0 Å². The molecule has 13 heteroatoms. The number of nitrogens with zero attached hydrogens (tertiary/aromatic N) is 5. The number of anilines is 1. The van der Waals surface area contributed by atoms with Gasteiger partial charge in [-0.15, -0.1) is 0 Å². The van der Waals surface area contributed by atoms with Gasteiger partial charge in [0.05, 0.1) is 18.8 Å². The van der Waals surface area contributed by atoms with Gasteiger partial charge in [-0.25, -0.2) is 14.6 Å². The van der Waals surface area contributed by atoms with Crippen molar-refractivity contribution in [2.75, 3.05) is 30.8 Å². The van der Waals surface area contributed by atoms with Gasteiger partial charge in [0.15, 0.2) is 16.8 Å². The lowest BCUT2D eigenvalue weighted by molar-refractivity contribution is -0.129. The van der Waals surface area contributed by atoms with Crippen LogP contribution < -0.4 is 16.4 Å². The maximum Gasteiger partial charge on any atom is 0.265 e. The molecule has 40 heavy (non-hydrogen) atoms. The van der Waals surface area contributed by atoms with E-state index in [0.29, 0.717) is 54.1 Å². The molecule has 0 spiro atoms. The minimum absolute atomic E-state index is 0.0155. The van der Waals surface area contributed by atoms with Gasteiger partial charge in [0.2, 0.25) is 11.8 Å². The maximum absolute atomic E-state index is 13.5. The van der Waals surface area contributed by atoms with Crippen LogP contribution >= 0.6 is 23.1 Å². The highest BCUT2D eigenvalue weighted by molar-refractivity contribution is 7.98. The first-order valence-corrected chi connectivity index (χ1v) is 15.6. The van der Waals surface area contributed by atoms with Gasteiger partial charge < -0.3 is 21.3 Å². The molecule has 4 N–H and O–H groups in total. The Morgan fingerprint density at radius 2 is 1.95 bits per heavy atom. The second-order valence-electron chi connectivity index (χ2n) is 9.97. The fraction of sp³-hybridized carbons (Fsp3) is 0.481. The number of nitrogens with one attached hydrogen (secondary N) is 2. The third-order valence-electron chi connectivity index (χ3n) is 6.67. The summed E-state index contributed by atoms with van der Waals surface area (Å²) in [6.07, 6.45) is 4.59. The van der Waals surface area contributed by atoms with Crippen LogP contribution in [0.2, 0.25) is 0 Å². The summed E-state index contributed by atoms with van der Waals surface area (Å²) in [6.45, 7) is 5.06. The highest BCUT2D eigenvalue weighted by Gasteiger charge is 2.30. The van der Waals surface area contributed by atoms with Crippen LogP contribution in [0.25, 0.3) is 11.4 Å². The van der Waals surface area contributed by atoms with Crippen LogP contribution in [0.3, 0.4) is 0 Å². The Balaban J connectivity index is 1.72. The Hall–Kier alpha value is -3.45. The smallest absolute Gasteiger partial charge is 0.265 e. The molecule has 3 heterocycles. The van der Waals surface area contributed by atoms with Crippen molar-refractivity contribution in [1.82, 2.24) is 35.3 Å². The van der Waals surface area contributed by atoms with E-state index in [1.807, 2.05) is 50.4 Å². The molecule has 0 bridgehead atoms. The van der Waals surface area contributed by atoms with Gasteiger partial charge in [0.25, 0.3) is 5.91 Å². The van der Waals surface area contributed by atoms with Gasteiger partial charge in [-0.1, -0.05) is 55.5 Å². The van der Waals surface area contributed by atoms with Crippen molar-refractivity contribution >= 4 is 46.0 Å². The summed E-state index contributed by atoms with van der Waals surface area (Å²) in [7, 11) is 0. The molecule has 3 aromatic rings. The molecule has 4 rings (SSSR count). The number of fused-ring (bicyclic) bond motifs is 1. The zero-order valence-electron chi connectivity index (χ0n) is 23.0. The molecule has 3 amide bonds. The summed E-state index contributed by atoms with van der Waals surface area (Å²) in [6, 6.07) is 8.52. The Kier molecular flexibility index (Phi) is 10.2. The molecule has 0 radical (unpaired) electrons. The lowest BCUT2D eigenvalue weighted by atomic mass is 10.0. The van der Waals surface area contributed by atoms with Crippen LogP contribution in [0.5, 0.6) is 0 Å².